The summed E-state index contributed by atoms with van der Waals surface area (Å²) in [7, 11) is -2.60. The van der Waals surface area contributed by atoms with E-state index in [1.54, 1.807) is 0 Å². The van der Waals surface area contributed by atoms with E-state index < -0.39 is 8.32 Å². The first kappa shape index (κ1) is 20.1. The van der Waals surface area contributed by atoms with Crippen LogP contribution in [0.4, 0.5) is 0 Å². The molecule has 2 aliphatic rings. The molecule has 4 rings (SSSR count). The third kappa shape index (κ3) is 3.60. The highest BCUT2D eigenvalue weighted by Crippen LogP contribution is 2.40. The van der Waals surface area contributed by atoms with Crippen LogP contribution in [0.1, 0.15) is 33.6 Å². The lowest BCUT2D eigenvalue weighted by Gasteiger charge is -2.43. The van der Waals surface area contributed by atoms with Crippen molar-refractivity contribution in [2.45, 2.75) is 44.8 Å². The van der Waals surface area contributed by atoms with Crippen LogP contribution in [-0.2, 0) is 14.0 Å². The zero-order valence-electron chi connectivity index (χ0n) is 17.5. The fourth-order valence-corrected chi connectivity index (χ4v) is 9.54. The van der Waals surface area contributed by atoms with Gasteiger partial charge in [0.2, 0.25) is 0 Å². The second-order valence-corrected chi connectivity index (χ2v) is 13.5. The highest BCUT2D eigenvalue weighted by atomic mass is 28.4. The van der Waals surface area contributed by atoms with Gasteiger partial charge in [-0.25, -0.2) is 0 Å². The Hall–Kier alpha value is -2.17. The quantitative estimate of drug-likeness (QED) is 0.427. The predicted molar refractivity (Wildman–Crippen MR) is 119 cm³/mol. The molecular formula is C25H30O3Si. The molecule has 0 unspecified atom stereocenters. The molecule has 0 N–H and O–H groups in total. The Balaban J connectivity index is 1.71. The largest absolute Gasteiger partial charge is 0.459 e. The van der Waals surface area contributed by atoms with Gasteiger partial charge in [-0.1, -0.05) is 93.6 Å². The van der Waals surface area contributed by atoms with Gasteiger partial charge in [0.15, 0.2) is 0 Å². The summed E-state index contributed by atoms with van der Waals surface area (Å²) in [6.45, 7) is 7.26. The molecule has 0 bridgehead atoms. The van der Waals surface area contributed by atoms with E-state index in [-0.39, 0.29) is 28.9 Å². The average Bonchev–Trinajstić information content (AvgIpc) is 3.05. The molecular weight excluding hydrogens is 376 g/mol. The lowest BCUT2D eigenvalue weighted by atomic mass is 9.82. The Morgan fingerprint density at radius 2 is 1.48 bits per heavy atom. The number of esters is 1. The van der Waals surface area contributed by atoms with Crippen LogP contribution in [0.25, 0.3) is 0 Å². The SMILES string of the molecule is CC(C)(C)[Si](OC[C@H]1OC(=O)[C@@H]2CC=CC[C@H]12)(c1ccccc1)c1ccccc1. The molecule has 0 spiro atoms. The lowest BCUT2D eigenvalue weighted by Crippen LogP contribution is -2.67. The van der Waals surface area contributed by atoms with Crippen molar-refractivity contribution in [3.05, 3.63) is 72.8 Å². The smallest absolute Gasteiger partial charge is 0.310 e. The first-order valence-electron chi connectivity index (χ1n) is 10.5. The van der Waals surface area contributed by atoms with Crippen molar-refractivity contribution in [2.75, 3.05) is 6.61 Å². The summed E-state index contributed by atoms with van der Waals surface area (Å²) >= 11 is 0. The van der Waals surface area contributed by atoms with E-state index in [2.05, 4.69) is 81.5 Å². The maximum absolute atomic E-state index is 12.4. The van der Waals surface area contributed by atoms with Crippen LogP contribution in [0, 0.1) is 11.8 Å². The molecule has 152 valence electrons. The summed E-state index contributed by atoms with van der Waals surface area (Å²) in [4.78, 5) is 12.4. The van der Waals surface area contributed by atoms with Crippen molar-refractivity contribution in [1.82, 2.24) is 0 Å². The van der Waals surface area contributed by atoms with E-state index in [1.165, 1.54) is 10.4 Å². The lowest BCUT2D eigenvalue weighted by molar-refractivity contribution is -0.145. The molecule has 3 atom stereocenters. The van der Waals surface area contributed by atoms with Crippen molar-refractivity contribution in [1.29, 1.82) is 0 Å². The molecule has 2 aromatic carbocycles. The van der Waals surface area contributed by atoms with Gasteiger partial charge in [-0.15, -0.1) is 0 Å². The third-order valence-corrected chi connectivity index (χ3v) is 11.4. The normalized spacial score (nSPS) is 24.2. The van der Waals surface area contributed by atoms with Crippen LogP contribution in [0.15, 0.2) is 72.8 Å². The van der Waals surface area contributed by atoms with Crippen LogP contribution >= 0.6 is 0 Å². The minimum atomic E-state index is -2.60. The van der Waals surface area contributed by atoms with Crippen LogP contribution in [0.3, 0.4) is 0 Å². The Bertz CT molecular complexity index is 830. The molecule has 3 nitrogen and oxygen atoms in total. The molecule has 1 saturated heterocycles. The molecule has 0 saturated carbocycles. The molecule has 2 aromatic rings. The fourth-order valence-electron chi connectivity index (χ4n) is 4.97. The topological polar surface area (TPSA) is 35.5 Å². The summed E-state index contributed by atoms with van der Waals surface area (Å²) in [6.07, 6.45) is 5.80. The molecule has 1 aliphatic heterocycles. The van der Waals surface area contributed by atoms with E-state index in [0.29, 0.717) is 6.61 Å². The number of allylic oxidation sites excluding steroid dienone is 2. The summed E-state index contributed by atoms with van der Waals surface area (Å²) in [5.74, 6) is 0.161. The number of carbonyl (C=O) groups is 1. The van der Waals surface area contributed by atoms with Crippen molar-refractivity contribution >= 4 is 24.7 Å². The van der Waals surface area contributed by atoms with E-state index in [1.807, 2.05) is 12.1 Å². The second kappa shape index (κ2) is 7.92. The average molecular weight is 407 g/mol. The second-order valence-electron chi connectivity index (χ2n) is 9.16. The zero-order valence-corrected chi connectivity index (χ0v) is 18.5. The molecule has 0 aromatic heterocycles. The maximum Gasteiger partial charge on any atom is 0.310 e. The molecule has 1 heterocycles. The summed E-state index contributed by atoms with van der Waals surface area (Å²) in [5.41, 5.74) is 0. The van der Waals surface area contributed by atoms with Crippen molar-refractivity contribution in [3.63, 3.8) is 0 Å². The van der Waals surface area contributed by atoms with Gasteiger partial charge < -0.3 is 9.16 Å². The zero-order chi connectivity index (χ0) is 20.5. The first-order chi connectivity index (χ1) is 13.9. The summed E-state index contributed by atoms with van der Waals surface area (Å²) < 4.78 is 12.8. The van der Waals surface area contributed by atoms with Gasteiger partial charge in [0.05, 0.1) is 12.5 Å². The van der Waals surface area contributed by atoms with Gasteiger partial charge in [0.25, 0.3) is 8.32 Å². The Kier molecular flexibility index (Phi) is 5.49. The van der Waals surface area contributed by atoms with Gasteiger partial charge >= 0.3 is 5.97 Å². The highest BCUT2D eigenvalue weighted by molar-refractivity contribution is 6.99. The van der Waals surface area contributed by atoms with E-state index in [0.717, 1.165) is 12.8 Å². The monoisotopic (exact) mass is 406 g/mol. The van der Waals surface area contributed by atoms with Gasteiger partial charge in [0.1, 0.15) is 6.10 Å². The van der Waals surface area contributed by atoms with E-state index >= 15 is 0 Å². The molecule has 1 aliphatic carbocycles. The Morgan fingerprint density at radius 3 is 2.03 bits per heavy atom. The van der Waals surface area contributed by atoms with Crippen LogP contribution in [-0.4, -0.2) is 27.0 Å². The molecule has 29 heavy (non-hydrogen) atoms. The van der Waals surface area contributed by atoms with Crippen LogP contribution in [0.2, 0.25) is 5.04 Å². The van der Waals surface area contributed by atoms with Crippen LogP contribution in [0.5, 0.6) is 0 Å². The summed E-state index contributed by atoms with van der Waals surface area (Å²) in [5, 5.41) is 2.43. The number of hydrogen-bond donors (Lipinski definition) is 0. The number of cyclic esters (lactones) is 1. The van der Waals surface area contributed by atoms with Crippen LogP contribution < -0.4 is 10.4 Å². The number of carbonyl (C=O) groups excluding carboxylic acids is 1. The Morgan fingerprint density at radius 1 is 0.931 bits per heavy atom. The molecule has 1 fully saturated rings. The van der Waals surface area contributed by atoms with Gasteiger partial charge in [-0.2, -0.15) is 0 Å². The Labute approximate surface area is 174 Å². The van der Waals surface area contributed by atoms with E-state index in [4.69, 9.17) is 9.16 Å². The molecule has 0 amide bonds. The fraction of sp³-hybridized carbons (Fsp3) is 0.400. The van der Waals surface area contributed by atoms with Crippen molar-refractivity contribution < 1.29 is 14.0 Å². The number of benzene rings is 2. The summed E-state index contributed by atoms with van der Waals surface area (Å²) in [6, 6.07) is 21.2. The molecule has 0 radical (unpaired) electrons. The first-order valence-corrected chi connectivity index (χ1v) is 12.4. The van der Waals surface area contributed by atoms with Gasteiger partial charge in [-0.05, 0) is 28.3 Å². The number of fused-ring (bicyclic) bond motifs is 1. The maximum atomic E-state index is 12.4. The minimum Gasteiger partial charge on any atom is -0.459 e. The highest BCUT2D eigenvalue weighted by Gasteiger charge is 2.52. The molecule has 4 heteroatoms. The number of ether oxygens (including phenoxy) is 1. The van der Waals surface area contributed by atoms with Crippen molar-refractivity contribution in [2.24, 2.45) is 11.8 Å². The van der Waals surface area contributed by atoms with Crippen molar-refractivity contribution in [3.8, 4) is 0 Å². The number of hydrogen-bond acceptors (Lipinski definition) is 3. The standard InChI is InChI=1S/C25H30O3Si/c1-25(2,3)29(19-12-6-4-7-13-19,20-14-8-5-9-15-20)27-18-23-21-16-10-11-17-22(21)24(26)28-23/h4-15,21-23H,16-18H2,1-3H3/t21-,22+,23+/m0/s1. The predicted octanol–water partition coefficient (Wildman–Crippen LogP) is 4.07. The van der Waals surface area contributed by atoms with Gasteiger partial charge in [0, 0.05) is 5.92 Å². The minimum absolute atomic E-state index is 0.00671. The third-order valence-electron chi connectivity index (χ3n) is 6.41. The van der Waals surface area contributed by atoms with E-state index in [9.17, 15) is 4.79 Å². The number of rotatable bonds is 5. The van der Waals surface area contributed by atoms with Gasteiger partial charge in [-0.3, -0.25) is 4.79 Å².